The van der Waals surface area contributed by atoms with E-state index in [-0.39, 0.29) is 5.91 Å². The van der Waals surface area contributed by atoms with E-state index in [4.69, 9.17) is 14.5 Å². The van der Waals surface area contributed by atoms with Crippen LogP contribution in [0.2, 0.25) is 0 Å². The summed E-state index contributed by atoms with van der Waals surface area (Å²) >= 11 is 0. The monoisotopic (exact) mass is 444 g/mol. The highest BCUT2D eigenvalue weighted by Gasteiger charge is 2.22. The summed E-state index contributed by atoms with van der Waals surface area (Å²) in [6, 6.07) is 6.62. The number of hydrogen-bond acceptors (Lipinski definition) is 4. The number of aliphatic imine (C=N–C) groups is 1. The van der Waals surface area contributed by atoms with Crippen molar-refractivity contribution in [3.05, 3.63) is 29.3 Å². The van der Waals surface area contributed by atoms with Crippen LogP contribution in [0, 0.1) is 12.8 Å². The summed E-state index contributed by atoms with van der Waals surface area (Å²) in [6.07, 6.45) is 4.99. The molecule has 1 aromatic rings. The minimum Gasteiger partial charge on any atom is -0.493 e. The lowest BCUT2D eigenvalue weighted by atomic mass is 10.0. The second-order valence-electron chi connectivity index (χ2n) is 8.96. The highest BCUT2D eigenvalue weighted by Crippen LogP contribution is 2.23. The number of carbonyl (C=O) groups excluding carboxylic acids is 1. The zero-order valence-electron chi connectivity index (χ0n) is 20.0. The van der Waals surface area contributed by atoms with E-state index in [1.54, 1.807) is 0 Å². The maximum Gasteiger partial charge on any atom is 0.224 e. The molecule has 2 fully saturated rings. The van der Waals surface area contributed by atoms with Crippen LogP contribution in [-0.2, 0) is 16.1 Å². The fourth-order valence-corrected chi connectivity index (χ4v) is 4.26. The van der Waals surface area contributed by atoms with Crippen molar-refractivity contribution in [2.24, 2.45) is 10.9 Å². The van der Waals surface area contributed by atoms with Crippen molar-refractivity contribution >= 4 is 11.9 Å². The summed E-state index contributed by atoms with van der Waals surface area (Å²) in [6.45, 7) is 11.3. The van der Waals surface area contributed by atoms with Gasteiger partial charge in [0, 0.05) is 50.2 Å². The predicted molar refractivity (Wildman–Crippen MR) is 128 cm³/mol. The number of rotatable bonds is 9. The van der Waals surface area contributed by atoms with Gasteiger partial charge >= 0.3 is 0 Å². The van der Waals surface area contributed by atoms with Gasteiger partial charge < -0.3 is 25.0 Å². The number of likely N-dealkylation sites (tertiary alicyclic amines) is 1. The lowest BCUT2D eigenvalue weighted by Gasteiger charge is -2.33. The second kappa shape index (κ2) is 12.7. The number of aryl methyl sites for hydroxylation is 1. The molecule has 2 saturated heterocycles. The molecule has 1 aromatic carbocycles. The van der Waals surface area contributed by atoms with Gasteiger partial charge in [-0.25, -0.2) is 4.99 Å². The van der Waals surface area contributed by atoms with Crippen LogP contribution in [0.3, 0.4) is 0 Å². The average Bonchev–Trinajstić information content (AvgIpc) is 3.31. The average molecular weight is 445 g/mol. The van der Waals surface area contributed by atoms with Crippen molar-refractivity contribution in [3.8, 4) is 5.75 Å². The Bertz CT molecular complexity index is 762. The van der Waals surface area contributed by atoms with E-state index >= 15 is 0 Å². The van der Waals surface area contributed by atoms with E-state index in [0.717, 1.165) is 62.8 Å². The minimum absolute atomic E-state index is 0.227. The Balaban J connectivity index is 1.54. The molecule has 0 bridgehead atoms. The first-order valence-electron chi connectivity index (χ1n) is 12.2. The molecule has 7 heteroatoms. The quantitative estimate of drug-likeness (QED) is 0.452. The Morgan fingerprint density at radius 3 is 2.91 bits per heavy atom. The molecule has 0 aliphatic carbocycles. The summed E-state index contributed by atoms with van der Waals surface area (Å²) in [5.41, 5.74) is 2.23. The molecule has 178 valence electrons. The summed E-state index contributed by atoms with van der Waals surface area (Å²) in [5.74, 6) is 2.31. The Morgan fingerprint density at radius 1 is 1.28 bits per heavy atom. The van der Waals surface area contributed by atoms with Gasteiger partial charge in [0.2, 0.25) is 5.91 Å². The number of piperidine rings is 1. The number of nitrogens with zero attached hydrogens (tertiary/aromatic N) is 2. The topological polar surface area (TPSA) is 75.2 Å². The fraction of sp³-hybridized carbons (Fsp3) is 0.680. The van der Waals surface area contributed by atoms with Crippen LogP contribution < -0.4 is 15.4 Å². The SMILES string of the molecule is CCNC(=NCc1ccc(C)cc1OCC1CCOC1)NCCC(=O)N1CCCCC1C. The van der Waals surface area contributed by atoms with Crippen molar-refractivity contribution in [2.75, 3.05) is 39.5 Å². The minimum atomic E-state index is 0.227. The number of amides is 1. The third-order valence-electron chi connectivity index (χ3n) is 6.23. The molecule has 1 amide bonds. The molecule has 0 saturated carbocycles. The van der Waals surface area contributed by atoms with Crippen molar-refractivity contribution in [1.82, 2.24) is 15.5 Å². The maximum absolute atomic E-state index is 12.6. The van der Waals surface area contributed by atoms with Gasteiger partial charge in [-0.15, -0.1) is 0 Å². The van der Waals surface area contributed by atoms with Gasteiger partial charge in [-0.2, -0.15) is 0 Å². The van der Waals surface area contributed by atoms with Crippen molar-refractivity contribution in [1.29, 1.82) is 0 Å². The van der Waals surface area contributed by atoms with Crippen LogP contribution in [0.15, 0.2) is 23.2 Å². The second-order valence-corrected chi connectivity index (χ2v) is 8.96. The molecule has 2 unspecified atom stereocenters. The zero-order chi connectivity index (χ0) is 22.8. The molecule has 3 rings (SSSR count). The molecule has 2 aliphatic heterocycles. The van der Waals surface area contributed by atoms with Crippen LogP contribution in [0.25, 0.3) is 0 Å². The highest BCUT2D eigenvalue weighted by atomic mass is 16.5. The van der Waals surface area contributed by atoms with E-state index in [0.29, 0.717) is 38.1 Å². The zero-order valence-corrected chi connectivity index (χ0v) is 20.0. The lowest BCUT2D eigenvalue weighted by Crippen LogP contribution is -2.44. The number of carbonyl (C=O) groups is 1. The Labute approximate surface area is 192 Å². The van der Waals surface area contributed by atoms with Gasteiger partial charge in [0.05, 0.1) is 19.8 Å². The third-order valence-corrected chi connectivity index (χ3v) is 6.23. The largest absolute Gasteiger partial charge is 0.493 e. The Hall–Kier alpha value is -2.28. The van der Waals surface area contributed by atoms with E-state index in [9.17, 15) is 4.79 Å². The predicted octanol–water partition coefficient (Wildman–Crippen LogP) is 3.26. The highest BCUT2D eigenvalue weighted by molar-refractivity contribution is 5.81. The molecule has 2 aliphatic rings. The van der Waals surface area contributed by atoms with Crippen molar-refractivity contribution in [3.63, 3.8) is 0 Å². The first kappa shape index (κ1) is 24.4. The van der Waals surface area contributed by atoms with E-state index in [2.05, 4.69) is 42.7 Å². The molecular weight excluding hydrogens is 404 g/mol. The summed E-state index contributed by atoms with van der Waals surface area (Å²) < 4.78 is 11.6. The maximum atomic E-state index is 12.6. The number of benzene rings is 1. The van der Waals surface area contributed by atoms with Gasteiger partial charge in [0.1, 0.15) is 5.75 Å². The van der Waals surface area contributed by atoms with Gasteiger partial charge in [0.25, 0.3) is 0 Å². The molecule has 0 radical (unpaired) electrons. The van der Waals surface area contributed by atoms with Gasteiger partial charge in [0.15, 0.2) is 5.96 Å². The lowest BCUT2D eigenvalue weighted by molar-refractivity contribution is -0.134. The van der Waals surface area contributed by atoms with Crippen LogP contribution in [0.1, 0.15) is 57.1 Å². The van der Waals surface area contributed by atoms with Crippen molar-refractivity contribution < 1.29 is 14.3 Å². The normalized spacial score (nSPS) is 21.5. The molecular formula is C25H40N4O3. The Morgan fingerprint density at radius 2 is 2.16 bits per heavy atom. The van der Waals surface area contributed by atoms with E-state index in [1.165, 1.54) is 12.0 Å². The summed E-state index contributed by atoms with van der Waals surface area (Å²) in [7, 11) is 0. The number of guanidine groups is 1. The van der Waals surface area contributed by atoms with Gasteiger partial charge in [-0.3, -0.25) is 4.79 Å². The Kier molecular flexibility index (Phi) is 9.65. The first-order chi connectivity index (χ1) is 15.6. The standard InChI is InChI=1S/C25H40N4O3/c1-4-26-25(27-12-10-24(30)29-13-6-5-7-20(29)3)28-16-22-9-8-19(2)15-23(22)32-18-21-11-14-31-17-21/h8-9,15,20-21H,4-7,10-14,16-18H2,1-3H3,(H2,26,27,28). The molecule has 7 nitrogen and oxygen atoms in total. The smallest absolute Gasteiger partial charge is 0.224 e. The van der Waals surface area contributed by atoms with Crippen LogP contribution in [0.4, 0.5) is 0 Å². The summed E-state index contributed by atoms with van der Waals surface area (Å²) in [5, 5.41) is 6.60. The summed E-state index contributed by atoms with van der Waals surface area (Å²) in [4.78, 5) is 19.4. The molecule has 2 heterocycles. The van der Waals surface area contributed by atoms with Crippen LogP contribution in [0.5, 0.6) is 5.75 Å². The first-order valence-corrected chi connectivity index (χ1v) is 12.2. The number of ether oxygens (including phenoxy) is 2. The molecule has 2 atom stereocenters. The van der Waals surface area contributed by atoms with Crippen LogP contribution >= 0.6 is 0 Å². The molecule has 2 N–H and O–H groups in total. The molecule has 0 aromatic heterocycles. The van der Waals surface area contributed by atoms with E-state index in [1.807, 2.05) is 11.8 Å². The number of hydrogen-bond donors (Lipinski definition) is 2. The van der Waals surface area contributed by atoms with Gasteiger partial charge in [-0.1, -0.05) is 12.1 Å². The fourth-order valence-electron chi connectivity index (χ4n) is 4.26. The van der Waals surface area contributed by atoms with Gasteiger partial charge in [-0.05, 0) is 58.1 Å². The molecule has 32 heavy (non-hydrogen) atoms. The van der Waals surface area contributed by atoms with Crippen LogP contribution in [-0.4, -0.2) is 62.3 Å². The van der Waals surface area contributed by atoms with Crippen molar-refractivity contribution in [2.45, 2.75) is 65.5 Å². The third kappa shape index (κ3) is 7.40. The molecule has 0 spiro atoms. The van der Waals surface area contributed by atoms with E-state index < -0.39 is 0 Å². The number of nitrogens with one attached hydrogen (secondary N) is 2.